The molecule has 2 aliphatic carbocycles. The Kier molecular flexibility index (Phi) is 10.3. The third kappa shape index (κ3) is 8.42. The lowest BCUT2D eigenvalue weighted by atomic mass is 9.89. The Morgan fingerprint density at radius 1 is 0.379 bits per heavy atom. The molecule has 0 unspecified atom stereocenters. The average Bonchev–Trinajstić information content (AvgIpc) is 3.57. The first-order valence-electron chi connectivity index (χ1n) is 14.9. The predicted octanol–water partition coefficient (Wildman–Crippen LogP) is 9.78. The minimum atomic E-state index is -5.50. The molecule has 3 aromatic rings. The lowest BCUT2D eigenvalue weighted by Gasteiger charge is -2.16. The SMILES string of the molecule is N#CC(C#N)=C1C(c2cc(OC(F)(F)F)cc(OC(F)(F)F)c2)=C(C#N)c2cc3c(cc21)C(=C(C#N)C#N)C(c1cc(OC(F)(F)F)cc(OC(F)(F)F)c1)=C3C#N. The average molecular weight is 816 g/mol. The number of fused-ring (bicyclic) bond motifs is 2. The minimum Gasteiger partial charge on any atom is -0.406 e. The van der Waals surface area contributed by atoms with Gasteiger partial charge in [0.25, 0.3) is 0 Å². The van der Waals surface area contributed by atoms with Crippen LogP contribution in [0.5, 0.6) is 23.0 Å². The third-order valence-corrected chi connectivity index (χ3v) is 7.68. The number of nitriles is 6. The molecule has 0 bridgehead atoms. The first-order valence-corrected chi connectivity index (χ1v) is 14.9. The number of ether oxygens (including phenoxy) is 4. The predicted molar refractivity (Wildman–Crippen MR) is 167 cm³/mol. The van der Waals surface area contributed by atoms with Gasteiger partial charge in [0.05, 0.1) is 11.1 Å². The van der Waals surface area contributed by atoms with Crippen LogP contribution >= 0.6 is 0 Å². The van der Waals surface area contributed by atoms with E-state index >= 15 is 0 Å². The van der Waals surface area contributed by atoms with Crippen LogP contribution in [0.1, 0.15) is 33.4 Å². The van der Waals surface area contributed by atoms with Gasteiger partial charge in [-0.15, -0.1) is 52.7 Å². The fourth-order valence-corrected chi connectivity index (χ4v) is 6.02. The summed E-state index contributed by atoms with van der Waals surface area (Å²) < 4.78 is 174. The molecular formula is C36H8F12N6O4. The highest BCUT2D eigenvalue weighted by Gasteiger charge is 2.40. The van der Waals surface area contributed by atoms with E-state index in [1.807, 2.05) is 0 Å². The van der Waals surface area contributed by atoms with Crippen molar-refractivity contribution in [3.05, 3.63) is 93.1 Å². The Morgan fingerprint density at radius 2 is 0.638 bits per heavy atom. The van der Waals surface area contributed by atoms with Gasteiger partial charge in [-0.3, -0.25) is 0 Å². The maximum Gasteiger partial charge on any atom is 0.573 e. The van der Waals surface area contributed by atoms with Crippen molar-refractivity contribution in [2.24, 2.45) is 0 Å². The first-order chi connectivity index (χ1) is 26.9. The summed E-state index contributed by atoms with van der Waals surface area (Å²) in [5.41, 5.74) is -8.78. The van der Waals surface area contributed by atoms with Crippen molar-refractivity contribution in [2.75, 3.05) is 0 Å². The summed E-state index contributed by atoms with van der Waals surface area (Å²) in [6.45, 7) is 0. The lowest BCUT2D eigenvalue weighted by molar-refractivity contribution is -0.278. The van der Waals surface area contributed by atoms with Crippen LogP contribution in [-0.4, -0.2) is 25.4 Å². The molecule has 0 aliphatic heterocycles. The van der Waals surface area contributed by atoms with E-state index in [2.05, 4.69) is 18.9 Å². The van der Waals surface area contributed by atoms with Gasteiger partial charge in [-0.25, -0.2) is 0 Å². The number of rotatable bonds is 6. The molecule has 0 saturated heterocycles. The molecule has 3 aromatic carbocycles. The van der Waals surface area contributed by atoms with Gasteiger partial charge in [-0.1, -0.05) is 0 Å². The minimum absolute atomic E-state index is 0.181. The van der Waals surface area contributed by atoms with E-state index in [0.29, 0.717) is 24.3 Å². The van der Waals surface area contributed by atoms with Crippen LogP contribution in [0.15, 0.2) is 59.7 Å². The van der Waals surface area contributed by atoms with E-state index in [-0.39, 0.29) is 23.3 Å². The smallest absolute Gasteiger partial charge is 0.406 e. The third-order valence-electron chi connectivity index (χ3n) is 7.68. The van der Waals surface area contributed by atoms with Crippen LogP contribution in [0.25, 0.3) is 33.4 Å². The zero-order valence-electron chi connectivity index (χ0n) is 27.5. The fraction of sp³-hybridized carbons (Fsp3) is 0.111. The highest BCUT2D eigenvalue weighted by atomic mass is 19.4. The quantitative estimate of drug-likeness (QED) is 0.172. The molecule has 2 aliphatic rings. The van der Waals surface area contributed by atoms with Gasteiger partial charge in [0.1, 0.15) is 70.6 Å². The molecular weight excluding hydrogens is 808 g/mol. The monoisotopic (exact) mass is 816 g/mol. The normalized spacial score (nSPS) is 13.6. The molecule has 10 nitrogen and oxygen atoms in total. The Bertz CT molecular complexity index is 2410. The van der Waals surface area contributed by atoms with Gasteiger partial charge in [0.2, 0.25) is 0 Å². The second-order valence-electron chi connectivity index (χ2n) is 11.2. The van der Waals surface area contributed by atoms with Crippen LogP contribution in [0.4, 0.5) is 52.7 Å². The van der Waals surface area contributed by atoms with E-state index in [1.165, 1.54) is 24.3 Å². The summed E-state index contributed by atoms with van der Waals surface area (Å²) in [6.07, 6.45) is -22.0. The molecule has 0 saturated carbocycles. The molecule has 0 aromatic heterocycles. The van der Waals surface area contributed by atoms with Crippen molar-refractivity contribution in [3.8, 4) is 59.4 Å². The maximum atomic E-state index is 13.3. The number of alkyl halides is 12. The Balaban J connectivity index is 1.91. The molecule has 0 fully saturated rings. The van der Waals surface area contributed by atoms with E-state index in [0.717, 1.165) is 12.1 Å². The van der Waals surface area contributed by atoms with Crippen molar-refractivity contribution in [1.82, 2.24) is 0 Å². The van der Waals surface area contributed by atoms with Crippen LogP contribution in [-0.2, 0) is 0 Å². The van der Waals surface area contributed by atoms with Crippen molar-refractivity contribution in [3.63, 3.8) is 0 Å². The Labute approximate surface area is 314 Å². The molecule has 22 heteroatoms. The zero-order valence-corrected chi connectivity index (χ0v) is 27.5. The van der Waals surface area contributed by atoms with Gasteiger partial charge in [-0.2, -0.15) is 31.6 Å². The zero-order chi connectivity index (χ0) is 43.1. The summed E-state index contributed by atoms with van der Waals surface area (Å²) in [4.78, 5) is 0. The van der Waals surface area contributed by atoms with Gasteiger partial charge in [0, 0.05) is 45.6 Å². The number of benzene rings is 3. The number of hydrogen-bond donors (Lipinski definition) is 0. The van der Waals surface area contributed by atoms with Crippen molar-refractivity contribution in [1.29, 1.82) is 31.6 Å². The highest BCUT2D eigenvalue weighted by Crippen LogP contribution is 2.55. The number of nitrogens with zero attached hydrogens (tertiary/aromatic N) is 6. The molecule has 0 radical (unpaired) electrons. The van der Waals surface area contributed by atoms with Crippen molar-refractivity contribution >= 4 is 33.4 Å². The first kappa shape index (κ1) is 41.1. The largest absolute Gasteiger partial charge is 0.573 e. The molecule has 290 valence electrons. The van der Waals surface area contributed by atoms with E-state index < -0.39 is 115 Å². The summed E-state index contributed by atoms with van der Waals surface area (Å²) in [5, 5.41) is 60.4. The number of hydrogen-bond acceptors (Lipinski definition) is 10. The summed E-state index contributed by atoms with van der Waals surface area (Å²) >= 11 is 0. The van der Waals surface area contributed by atoms with Crippen molar-refractivity contribution < 1.29 is 71.6 Å². The van der Waals surface area contributed by atoms with Crippen molar-refractivity contribution in [2.45, 2.75) is 25.4 Å². The molecule has 0 atom stereocenters. The van der Waals surface area contributed by atoms with Crippen LogP contribution in [0.3, 0.4) is 0 Å². The summed E-state index contributed by atoms with van der Waals surface area (Å²) in [5.74, 6) is -5.31. The van der Waals surface area contributed by atoms with Crippen LogP contribution in [0.2, 0.25) is 0 Å². The number of halogens is 12. The Morgan fingerprint density at radius 3 is 0.862 bits per heavy atom. The van der Waals surface area contributed by atoms with E-state index in [1.54, 1.807) is 12.1 Å². The Hall–Kier alpha value is -8.08. The molecule has 5 rings (SSSR count). The second kappa shape index (κ2) is 14.5. The van der Waals surface area contributed by atoms with E-state index in [9.17, 15) is 84.3 Å². The molecule has 0 N–H and O–H groups in total. The molecule has 0 spiro atoms. The summed E-state index contributed by atoms with van der Waals surface area (Å²) in [6, 6.07) is 13.4. The topological polar surface area (TPSA) is 180 Å². The second-order valence-corrected chi connectivity index (χ2v) is 11.2. The van der Waals surface area contributed by atoms with Crippen LogP contribution < -0.4 is 18.9 Å². The van der Waals surface area contributed by atoms with Gasteiger partial charge in [-0.05, 0) is 58.7 Å². The maximum absolute atomic E-state index is 13.3. The standard InChI is InChI=1S/C36H8F12N6O4/c37-33(38,39)55-19-1-15(2-20(5-19)56-34(40,41)42)29-27(13-53)23-7-24-26(8-25(23)31(29)17(9-49)10-50)32(18(11-51)12-52)30(28(24)14-54)16-3-21(57-35(43,44)45)6-22(4-16)58-36(46,47)48/h1-8H. The van der Waals surface area contributed by atoms with Gasteiger partial charge < -0.3 is 18.9 Å². The molecule has 58 heavy (non-hydrogen) atoms. The molecule has 0 heterocycles. The fourth-order valence-electron chi connectivity index (χ4n) is 6.02. The van der Waals surface area contributed by atoms with E-state index in [4.69, 9.17) is 0 Å². The highest BCUT2D eigenvalue weighted by molar-refractivity contribution is 6.30. The molecule has 0 amide bonds. The van der Waals surface area contributed by atoms with Gasteiger partial charge >= 0.3 is 25.4 Å². The van der Waals surface area contributed by atoms with Crippen LogP contribution in [0, 0.1) is 68.0 Å². The summed E-state index contributed by atoms with van der Waals surface area (Å²) in [7, 11) is 0. The number of allylic oxidation sites excluding steroid dienone is 8. The lowest BCUT2D eigenvalue weighted by Crippen LogP contribution is -2.19. The van der Waals surface area contributed by atoms with Gasteiger partial charge in [0.15, 0.2) is 0 Å².